The summed E-state index contributed by atoms with van der Waals surface area (Å²) in [4.78, 5) is 10.6. The molecule has 0 fully saturated rings. The monoisotopic (exact) mass is 326 g/mol. The maximum atomic E-state index is 10.6. The molecule has 0 aliphatic carbocycles. The number of rotatable bonds is 8. The number of para-hydroxylation sites is 2. The van der Waals surface area contributed by atoms with E-state index in [4.69, 9.17) is 14.6 Å². The van der Waals surface area contributed by atoms with E-state index in [1.54, 1.807) is 0 Å². The Hall–Kier alpha value is -2.75. The van der Waals surface area contributed by atoms with Crippen LogP contribution in [0.5, 0.6) is 11.5 Å². The van der Waals surface area contributed by atoms with Gasteiger partial charge in [0.05, 0.1) is 0 Å². The van der Waals surface area contributed by atoms with Crippen LogP contribution in [-0.4, -0.2) is 24.3 Å². The maximum Gasteiger partial charge on any atom is 0.328 e. The van der Waals surface area contributed by atoms with Crippen LogP contribution in [0, 0.1) is 0 Å². The van der Waals surface area contributed by atoms with Crippen LogP contribution in [-0.2, 0) is 4.79 Å². The van der Waals surface area contributed by atoms with Crippen molar-refractivity contribution < 1.29 is 19.4 Å². The molecule has 4 heteroatoms. The van der Waals surface area contributed by atoms with Gasteiger partial charge in [0.2, 0.25) is 0 Å². The van der Waals surface area contributed by atoms with Gasteiger partial charge < -0.3 is 14.6 Å². The van der Waals surface area contributed by atoms with Gasteiger partial charge in [-0.15, -0.1) is 0 Å². The smallest absolute Gasteiger partial charge is 0.328 e. The lowest BCUT2D eigenvalue weighted by molar-refractivity contribution is -0.131. The molecule has 0 bridgehead atoms. The SMILES string of the molecule is CC(C)c1ccccc1OCCOc1ccccc1C=CC(=O)O. The van der Waals surface area contributed by atoms with Gasteiger partial charge in [0, 0.05) is 11.6 Å². The molecule has 0 radical (unpaired) electrons. The zero-order valence-electron chi connectivity index (χ0n) is 13.9. The zero-order chi connectivity index (χ0) is 17.4. The Morgan fingerprint density at radius 3 is 2.25 bits per heavy atom. The second-order valence-corrected chi connectivity index (χ2v) is 5.60. The summed E-state index contributed by atoms with van der Waals surface area (Å²) in [6, 6.07) is 15.3. The molecule has 0 atom stereocenters. The summed E-state index contributed by atoms with van der Waals surface area (Å²) in [6.45, 7) is 5.05. The molecule has 0 aliphatic rings. The summed E-state index contributed by atoms with van der Waals surface area (Å²) < 4.78 is 11.5. The fourth-order valence-electron chi connectivity index (χ4n) is 2.30. The Morgan fingerprint density at radius 1 is 1.00 bits per heavy atom. The summed E-state index contributed by atoms with van der Waals surface area (Å²) >= 11 is 0. The number of carboxylic acids is 1. The van der Waals surface area contributed by atoms with Crippen LogP contribution in [0.3, 0.4) is 0 Å². The van der Waals surface area contributed by atoms with Crippen molar-refractivity contribution in [1.82, 2.24) is 0 Å². The lowest BCUT2D eigenvalue weighted by Gasteiger charge is -2.14. The van der Waals surface area contributed by atoms with Crippen molar-refractivity contribution in [1.29, 1.82) is 0 Å². The molecule has 0 unspecified atom stereocenters. The number of benzene rings is 2. The Bertz CT molecular complexity index is 704. The molecule has 0 saturated carbocycles. The minimum Gasteiger partial charge on any atom is -0.490 e. The molecule has 24 heavy (non-hydrogen) atoms. The van der Waals surface area contributed by atoms with Crippen LogP contribution in [0.2, 0.25) is 0 Å². The fourth-order valence-corrected chi connectivity index (χ4v) is 2.30. The van der Waals surface area contributed by atoms with E-state index in [0.717, 1.165) is 17.4 Å². The number of hydrogen-bond acceptors (Lipinski definition) is 3. The second kappa shape index (κ2) is 8.77. The van der Waals surface area contributed by atoms with Gasteiger partial charge in [0.1, 0.15) is 24.7 Å². The third kappa shape index (κ3) is 5.16. The van der Waals surface area contributed by atoms with E-state index in [0.29, 0.717) is 24.9 Å². The van der Waals surface area contributed by atoms with Crippen LogP contribution < -0.4 is 9.47 Å². The summed E-state index contributed by atoms with van der Waals surface area (Å²) in [5.74, 6) is 0.910. The first-order valence-corrected chi connectivity index (χ1v) is 7.92. The fraction of sp³-hybridized carbons (Fsp3) is 0.250. The van der Waals surface area contributed by atoms with Crippen molar-refractivity contribution in [3.63, 3.8) is 0 Å². The molecule has 2 rings (SSSR count). The zero-order valence-corrected chi connectivity index (χ0v) is 13.9. The number of hydrogen-bond donors (Lipinski definition) is 1. The van der Waals surface area contributed by atoms with Crippen LogP contribution in [0.15, 0.2) is 54.6 Å². The van der Waals surface area contributed by atoms with Crippen molar-refractivity contribution in [2.45, 2.75) is 19.8 Å². The third-order valence-corrected chi connectivity index (χ3v) is 3.46. The Balaban J connectivity index is 1.93. The van der Waals surface area contributed by atoms with Gasteiger partial charge in [0.25, 0.3) is 0 Å². The quantitative estimate of drug-likeness (QED) is 0.578. The van der Waals surface area contributed by atoms with Crippen molar-refractivity contribution in [2.75, 3.05) is 13.2 Å². The van der Waals surface area contributed by atoms with Crippen LogP contribution in [0.25, 0.3) is 6.08 Å². The van der Waals surface area contributed by atoms with E-state index in [1.165, 1.54) is 11.6 Å². The molecule has 0 aromatic heterocycles. The topological polar surface area (TPSA) is 55.8 Å². The highest BCUT2D eigenvalue weighted by atomic mass is 16.5. The minimum atomic E-state index is -0.988. The van der Waals surface area contributed by atoms with Crippen molar-refractivity contribution >= 4 is 12.0 Å². The molecule has 2 aromatic carbocycles. The Morgan fingerprint density at radius 2 is 1.58 bits per heavy atom. The second-order valence-electron chi connectivity index (χ2n) is 5.60. The standard InChI is InChI=1S/C20H22O4/c1-15(2)17-8-4-6-10-19(17)24-14-13-23-18-9-5-3-7-16(18)11-12-20(21)22/h3-12,15H,13-14H2,1-2H3,(H,21,22). The summed E-state index contributed by atoms with van der Waals surface area (Å²) in [5.41, 5.74) is 1.89. The Kier molecular flexibility index (Phi) is 6.43. The van der Waals surface area contributed by atoms with Crippen molar-refractivity contribution in [2.24, 2.45) is 0 Å². The predicted molar refractivity (Wildman–Crippen MR) is 94.6 cm³/mol. The average Bonchev–Trinajstić information content (AvgIpc) is 2.58. The molecule has 1 N–H and O–H groups in total. The first-order chi connectivity index (χ1) is 11.6. The maximum absolute atomic E-state index is 10.6. The highest BCUT2D eigenvalue weighted by Crippen LogP contribution is 2.26. The van der Waals surface area contributed by atoms with E-state index in [1.807, 2.05) is 42.5 Å². The van der Waals surface area contributed by atoms with Crippen LogP contribution in [0.1, 0.15) is 30.9 Å². The molecule has 0 aliphatic heterocycles. The highest BCUT2D eigenvalue weighted by molar-refractivity contribution is 5.85. The van der Waals surface area contributed by atoms with E-state index in [-0.39, 0.29) is 0 Å². The summed E-state index contributed by atoms with van der Waals surface area (Å²) in [7, 11) is 0. The van der Waals surface area contributed by atoms with E-state index in [2.05, 4.69) is 19.9 Å². The molecular formula is C20H22O4. The highest BCUT2D eigenvalue weighted by Gasteiger charge is 2.07. The van der Waals surface area contributed by atoms with Gasteiger partial charge in [-0.2, -0.15) is 0 Å². The number of carbonyl (C=O) groups is 1. The van der Waals surface area contributed by atoms with Gasteiger partial charge in [-0.05, 0) is 29.7 Å². The van der Waals surface area contributed by atoms with Crippen LogP contribution in [0.4, 0.5) is 0 Å². The molecule has 0 heterocycles. The van der Waals surface area contributed by atoms with Crippen molar-refractivity contribution in [3.8, 4) is 11.5 Å². The number of carboxylic acid groups (broad SMARTS) is 1. The Labute approximate surface area is 142 Å². The molecular weight excluding hydrogens is 304 g/mol. The van der Waals surface area contributed by atoms with Gasteiger partial charge >= 0.3 is 5.97 Å². The molecule has 126 valence electrons. The molecule has 0 spiro atoms. The van der Waals surface area contributed by atoms with Gasteiger partial charge in [0.15, 0.2) is 0 Å². The summed E-state index contributed by atoms with van der Waals surface area (Å²) in [5, 5.41) is 8.73. The van der Waals surface area contributed by atoms with E-state index >= 15 is 0 Å². The predicted octanol–water partition coefficient (Wildman–Crippen LogP) is 4.37. The summed E-state index contributed by atoms with van der Waals surface area (Å²) in [6.07, 6.45) is 2.62. The average molecular weight is 326 g/mol. The minimum absolute atomic E-state index is 0.379. The largest absolute Gasteiger partial charge is 0.490 e. The third-order valence-electron chi connectivity index (χ3n) is 3.46. The lowest BCUT2D eigenvalue weighted by atomic mass is 10.0. The van der Waals surface area contributed by atoms with Gasteiger partial charge in [-0.1, -0.05) is 50.2 Å². The van der Waals surface area contributed by atoms with E-state index in [9.17, 15) is 4.79 Å². The van der Waals surface area contributed by atoms with E-state index < -0.39 is 5.97 Å². The first kappa shape index (κ1) is 17.6. The normalized spacial score (nSPS) is 11.0. The lowest BCUT2D eigenvalue weighted by Crippen LogP contribution is -2.10. The molecule has 2 aromatic rings. The first-order valence-electron chi connectivity index (χ1n) is 7.92. The molecule has 0 amide bonds. The number of ether oxygens (including phenoxy) is 2. The van der Waals surface area contributed by atoms with Crippen molar-refractivity contribution in [3.05, 3.63) is 65.7 Å². The van der Waals surface area contributed by atoms with Crippen LogP contribution >= 0.6 is 0 Å². The molecule has 4 nitrogen and oxygen atoms in total. The number of aliphatic carboxylic acids is 1. The van der Waals surface area contributed by atoms with Gasteiger partial charge in [-0.25, -0.2) is 4.79 Å². The van der Waals surface area contributed by atoms with Gasteiger partial charge in [-0.3, -0.25) is 0 Å². The molecule has 0 saturated heterocycles.